The van der Waals surface area contributed by atoms with Crippen molar-refractivity contribution in [2.75, 3.05) is 20.7 Å². The first-order valence-corrected chi connectivity index (χ1v) is 15.7. The molecule has 0 saturated carbocycles. The van der Waals surface area contributed by atoms with Gasteiger partial charge in [-0.2, -0.15) is 0 Å². The highest BCUT2D eigenvalue weighted by molar-refractivity contribution is 6.00. The number of amides is 2. The SMILES string of the molecule is CCCC=Cc1ccccc1C(=O)N(C)C1c2ccccc2C(N(C)C(=O)c2ccccc2C=CCCC)C1C(=O)OCC. The second-order valence-electron chi connectivity index (χ2n) is 11.2. The van der Waals surface area contributed by atoms with E-state index in [1.165, 1.54) is 0 Å². The highest BCUT2D eigenvalue weighted by Crippen LogP contribution is 2.50. The fourth-order valence-electron chi connectivity index (χ4n) is 6.07. The summed E-state index contributed by atoms with van der Waals surface area (Å²) in [5.41, 5.74) is 4.44. The Morgan fingerprint density at radius 1 is 0.659 bits per heavy atom. The predicted octanol–water partition coefficient (Wildman–Crippen LogP) is 8.13. The van der Waals surface area contributed by atoms with Crippen LogP contribution in [-0.4, -0.2) is 48.3 Å². The maximum atomic E-state index is 14.2. The summed E-state index contributed by atoms with van der Waals surface area (Å²) in [4.78, 5) is 45.5. The van der Waals surface area contributed by atoms with Crippen LogP contribution in [-0.2, 0) is 9.53 Å². The van der Waals surface area contributed by atoms with Crippen molar-refractivity contribution in [1.29, 1.82) is 0 Å². The lowest BCUT2D eigenvalue weighted by molar-refractivity contribution is -0.152. The number of ether oxygens (including phenoxy) is 1. The summed E-state index contributed by atoms with van der Waals surface area (Å²) >= 11 is 0. The van der Waals surface area contributed by atoms with Gasteiger partial charge in [-0.1, -0.05) is 112 Å². The number of carbonyl (C=O) groups excluding carboxylic acids is 3. The van der Waals surface area contributed by atoms with Gasteiger partial charge in [-0.25, -0.2) is 0 Å². The number of rotatable bonds is 12. The number of nitrogens with zero attached hydrogens (tertiary/aromatic N) is 2. The summed E-state index contributed by atoms with van der Waals surface area (Å²) < 4.78 is 5.63. The minimum Gasteiger partial charge on any atom is -0.466 e. The molecule has 2 unspecified atom stereocenters. The van der Waals surface area contributed by atoms with E-state index in [2.05, 4.69) is 26.0 Å². The monoisotopic (exact) mass is 592 g/mol. The first-order chi connectivity index (χ1) is 21.3. The molecule has 0 radical (unpaired) electrons. The fourth-order valence-corrected chi connectivity index (χ4v) is 6.07. The van der Waals surface area contributed by atoms with Crippen LogP contribution in [0.3, 0.4) is 0 Å². The van der Waals surface area contributed by atoms with Gasteiger partial charge >= 0.3 is 5.97 Å². The highest BCUT2D eigenvalue weighted by atomic mass is 16.5. The zero-order valence-electron chi connectivity index (χ0n) is 26.5. The van der Waals surface area contributed by atoms with Crippen LogP contribution in [0.5, 0.6) is 0 Å². The van der Waals surface area contributed by atoms with Crippen LogP contribution >= 0.6 is 0 Å². The minimum atomic E-state index is -0.819. The van der Waals surface area contributed by atoms with Gasteiger partial charge in [-0.15, -0.1) is 0 Å². The number of allylic oxidation sites excluding steroid dienone is 2. The van der Waals surface area contributed by atoms with Crippen molar-refractivity contribution in [2.24, 2.45) is 5.92 Å². The quantitative estimate of drug-likeness (QED) is 0.199. The van der Waals surface area contributed by atoms with Gasteiger partial charge in [0, 0.05) is 25.2 Å². The highest BCUT2D eigenvalue weighted by Gasteiger charge is 2.51. The summed E-state index contributed by atoms with van der Waals surface area (Å²) in [5.74, 6) is -1.65. The molecule has 0 heterocycles. The van der Waals surface area contributed by atoms with E-state index >= 15 is 0 Å². The molecule has 3 aromatic rings. The molecule has 44 heavy (non-hydrogen) atoms. The molecule has 230 valence electrons. The minimum absolute atomic E-state index is 0.191. The van der Waals surface area contributed by atoms with Crippen LogP contribution < -0.4 is 0 Å². The average Bonchev–Trinajstić information content (AvgIpc) is 3.39. The van der Waals surface area contributed by atoms with Crippen molar-refractivity contribution < 1.29 is 19.1 Å². The van der Waals surface area contributed by atoms with Gasteiger partial charge in [-0.3, -0.25) is 14.4 Å². The van der Waals surface area contributed by atoms with Crippen molar-refractivity contribution in [3.8, 4) is 0 Å². The third-order valence-corrected chi connectivity index (χ3v) is 8.24. The van der Waals surface area contributed by atoms with Gasteiger partial charge in [0.2, 0.25) is 0 Å². The lowest BCUT2D eigenvalue weighted by Crippen LogP contribution is -2.42. The summed E-state index contributed by atoms with van der Waals surface area (Å²) in [5, 5.41) is 0. The number of fused-ring (bicyclic) bond motifs is 1. The fraction of sp³-hybridized carbons (Fsp3) is 0.342. The molecule has 0 aromatic heterocycles. The molecular weight excluding hydrogens is 548 g/mol. The molecule has 0 fully saturated rings. The average molecular weight is 593 g/mol. The zero-order chi connectivity index (χ0) is 31.6. The van der Waals surface area contributed by atoms with E-state index in [9.17, 15) is 14.4 Å². The lowest BCUT2D eigenvalue weighted by Gasteiger charge is -2.34. The first kappa shape index (κ1) is 32.5. The predicted molar refractivity (Wildman–Crippen MR) is 177 cm³/mol. The topological polar surface area (TPSA) is 66.9 Å². The van der Waals surface area contributed by atoms with E-state index in [1.807, 2.05) is 84.9 Å². The summed E-state index contributed by atoms with van der Waals surface area (Å²) in [7, 11) is 3.47. The van der Waals surface area contributed by atoms with Crippen LogP contribution in [0.1, 0.15) is 102 Å². The molecule has 1 aliphatic rings. The Kier molecular flexibility index (Phi) is 11.3. The molecule has 0 saturated heterocycles. The van der Waals surface area contributed by atoms with E-state index in [0.717, 1.165) is 47.9 Å². The van der Waals surface area contributed by atoms with Gasteiger partial charge in [0.25, 0.3) is 11.8 Å². The Hall–Kier alpha value is -4.45. The number of carbonyl (C=O) groups is 3. The lowest BCUT2D eigenvalue weighted by atomic mass is 9.93. The van der Waals surface area contributed by atoms with Crippen molar-refractivity contribution in [3.63, 3.8) is 0 Å². The van der Waals surface area contributed by atoms with Crippen molar-refractivity contribution in [1.82, 2.24) is 9.80 Å². The number of hydrogen-bond donors (Lipinski definition) is 0. The molecule has 2 atom stereocenters. The smallest absolute Gasteiger partial charge is 0.313 e. The second-order valence-corrected chi connectivity index (χ2v) is 11.2. The molecule has 1 aliphatic carbocycles. The summed E-state index contributed by atoms with van der Waals surface area (Å²) in [6, 6.07) is 21.5. The largest absolute Gasteiger partial charge is 0.466 e. The Bertz CT molecular complexity index is 1420. The van der Waals surface area contributed by atoms with E-state index in [0.29, 0.717) is 11.1 Å². The first-order valence-electron chi connectivity index (χ1n) is 15.7. The van der Waals surface area contributed by atoms with Crippen LogP contribution in [0.25, 0.3) is 12.2 Å². The Balaban J connectivity index is 1.77. The standard InChI is InChI=1S/C38H44N2O4/c1-6-9-11-19-27-21-13-15-23-29(27)36(41)39(4)34-31-25-17-18-26-32(31)35(33(34)38(43)44-8-3)40(5)37(42)30-24-16-14-22-28(30)20-12-10-7-2/h11-26,33-35H,6-10H2,1-5H3. The summed E-state index contributed by atoms with van der Waals surface area (Å²) in [6.07, 6.45) is 12.0. The van der Waals surface area contributed by atoms with Crippen molar-refractivity contribution in [3.05, 3.63) is 118 Å². The van der Waals surface area contributed by atoms with Crippen LogP contribution in [0.2, 0.25) is 0 Å². The Labute approximate surface area is 262 Å². The van der Waals surface area contributed by atoms with E-state index in [4.69, 9.17) is 4.74 Å². The molecule has 0 aliphatic heterocycles. The molecule has 4 rings (SSSR count). The summed E-state index contributed by atoms with van der Waals surface area (Å²) in [6.45, 7) is 6.19. The Morgan fingerprint density at radius 3 is 1.48 bits per heavy atom. The maximum absolute atomic E-state index is 14.2. The van der Waals surface area contributed by atoms with E-state index in [1.54, 1.807) is 30.8 Å². The number of unbranched alkanes of at least 4 members (excludes halogenated alkanes) is 2. The van der Waals surface area contributed by atoms with Gasteiger partial charge < -0.3 is 14.5 Å². The van der Waals surface area contributed by atoms with E-state index < -0.39 is 24.0 Å². The zero-order valence-corrected chi connectivity index (χ0v) is 26.5. The molecule has 2 amide bonds. The second kappa shape index (κ2) is 15.3. The van der Waals surface area contributed by atoms with Crippen molar-refractivity contribution in [2.45, 2.75) is 58.5 Å². The molecule has 6 nitrogen and oxygen atoms in total. The van der Waals surface area contributed by atoms with Crippen LogP contribution in [0, 0.1) is 5.92 Å². The normalized spacial score (nSPS) is 17.5. The number of esters is 1. The van der Waals surface area contributed by atoms with Gasteiger partial charge in [0.15, 0.2) is 0 Å². The molecule has 0 spiro atoms. The van der Waals surface area contributed by atoms with Crippen LogP contribution in [0.4, 0.5) is 0 Å². The van der Waals surface area contributed by atoms with Gasteiger partial charge in [0.05, 0.1) is 18.7 Å². The maximum Gasteiger partial charge on any atom is 0.313 e. The third kappa shape index (κ3) is 6.85. The van der Waals surface area contributed by atoms with Crippen molar-refractivity contribution >= 4 is 29.9 Å². The molecule has 3 aromatic carbocycles. The number of benzene rings is 3. The molecule has 6 heteroatoms. The Morgan fingerprint density at radius 2 is 1.07 bits per heavy atom. The van der Waals surface area contributed by atoms with Gasteiger partial charge in [-0.05, 0) is 54.2 Å². The third-order valence-electron chi connectivity index (χ3n) is 8.24. The molecular formula is C38H44N2O4. The van der Waals surface area contributed by atoms with Crippen LogP contribution in [0.15, 0.2) is 84.9 Å². The van der Waals surface area contributed by atoms with E-state index in [-0.39, 0.29) is 18.4 Å². The van der Waals surface area contributed by atoms with Gasteiger partial charge in [0.1, 0.15) is 5.92 Å². The molecule has 0 bridgehead atoms. The molecule has 0 N–H and O–H groups in total. The number of hydrogen-bond acceptors (Lipinski definition) is 4.